The van der Waals surface area contributed by atoms with E-state index in [0.29, 0.717) is 0 Å². The molecule has 1 aromatic heterocycles. The standard InChI is InChI=1S/C15H10O5/c16-9-3-1-8(2-4-9)11-7-20-13-6-10(17)5-12(18)14(13)15(11)19/h1-7,16-18H/i3D,4D,5D,6D. The van der Waals surface area contributed by atoms with E-state index in [1.165, 1.54) is 0 Å². The molecule has 0 atom stereocenters. The van der Waals surface area contributed by atoms with Crippen LogP contribution < -0.4 is 5.43 Å². The highest BCUT2D eigenvalue weighted by molar-refractivity contribution is 5.87. The van der Waals surface area contributed by atoms with Gasteiger partial charge in [-0.05, 0) is 17.6 Å². The first-order chi connectivity index (χ1) is 11.2. The summed E-state index contributed by atoms with van der Waals surface area (Å²) < 4.78 is 35.5. The first-order valence-electron chi connectivity index (χ1n) is 7.51. The van der Waals surface area contributed by atoms with Crippen molar-refractivity contribution in [3.05, 3.63) is 52.8 Å². The van der Waals surface area contributed by atoms with Crippen LogP contribution in [0.25, 0.3) is 22.1 Å². The summed E-state index contributed by atoms with van der Waals surface area (Å²) in [6.07, 6.45) is 0.969. The minimum atomic E-state index is -0.829. The number of hydrogen-bond acceptors (Lipinski definition) is 5. The fraction of sp³-hybridized carbons (Fsp3) is 0. The van der Waals surface area contributed by atoms with Gasteiger partial charge < -0.3 is 19.7 Å². The van der Waals surface area contributed by atoms with Gasteiger partial charge >= 0.3 is 0 Å². The summed E-state index contributed by atoms with van der Waals surface area (Å²) in [5.74, 6) is -2.19. The molecule has 0 unspecified atom stereocenters. The molecule has 0 fully saturated rings. The molecule has 1 heterocycles. The van der Waals surface area contributed by atoms with E-state index in [2.05, 4.69) is 0 Å². The Bertz CT molecular complexity index is 1040. The summed E-state index contributed by atoms with van der Waals surface area (Å²) in [4.78, 5) is 12.6. The van der Waals surface area contributed by atoms with Gasteiger partial charge in [0.1, 0.15) is 34.5 Å². The molecule has 3 rings (SSSR count). The van der Waals surface area contributed by atoms with E-state index in [0.717, 1.165) is 18.4 Å². The first kappa shape index (κ1) is 8.27. The van der Waals surface area contributed by atoms with Crippen molar-refractivity contribution in [3.63, 3.8) is 0 Å². The Kier molecular flexibility index (Phi) is 1.78. The van der Waals surface area contributed by atoms with Crippen molar-refractivity contribution in [2.24, 2.45) is 0 Å². The van der Waals surface area contributed by atoms with Crippen molar-refractivity contribution in [2.75, 3.05) is 0 Å². The van der Waals surface area contributed by atoms with Crippen molar-refractivity contribution in [3.8, 4) is 28.4 Å². The Labute approximate surface area is 118 Å². The lowest BCUT2D eigenvalue weighted by Crippen LogP contribution is -2.04. The second-order valence-electron chi connectivity index (χ2n) is 4.01. The molecule has 2 aromatic carbocycles. The van der Waals surface area contributed by atoms with Crippen molar-refractivity contribution in [2.45, 2.75) is 0 Å². The summed E-state index contributed by atoms with van der Waals surface area (Å²) in [7, 11) is 0. The number of phenolic OH excluding ortho intramolecular Hbond substituents is 3. The summed E-state index contributed by atoms with van der Waals surface area (Å²) >= 11 is 0. The molecule has 100 valence electrons. The van der Waals surface area contributed by atoms with Crippen LogP contribution in [0, 0.1) is 0 Å². The summed E-state index contributed by atoms with van der Waals surface area (Å²) in [6, 6.07) is 0.177. The molecule has 0 bridgehead atoms. The largest absolute Gasteiger partial charge is 0.508 e. The maximum absolute atomic E-state index is 12.6. The molecule has 0 saturated heterocycles. The molecular formula is C15H10O5. The summed E-state index contributed by atoms with van der Waals surface area (Å²) in [5, 5.41) is 28.6. The topological polar surface area (TPSA) is 90.9 Å². The predicted octanol–water partition coefficient (Wildman–Crippen LogP) is 2.58. The smallest absolute Gasteiger partial charge is 0.204 e. The molecular weight excluding hydrogens is 260 g/mol. The van der Waals surface area contributed by atoms with E-state index in [1.54, 1.807) is 0 Å². The van der Waals surface area contributed by atoms with Gasteiger partial charge in [-0.25, -0.2) is 0 Å². The zero-order valence-corrected chi connectivity index (χ0v) is 9.89. The molecule has 0 spiro atoms. The van der Waals surface area contributed by atoms with Gasteiger partial charge in [0.2, 0.25) is 5.43 Å². The molecule has 0 aliphatic carbocycles. The maximum atomic E-state index is 12.6. The third kappa shape index (κ3) is 1.85. The van der Waals surface area contributed by atoms with E-state index in [4.69, 9.17) is 9.90 Å². The van der Waals surface area contributed by atoms with E-state index in [9.17, 15) is 20.1 Å². The second-order valence-corrected chi connectivity index (χ2v) is 4.01. The quantitative estimate of drug-likeness (QED) is 0.634. The highest BCUT2D eigenvalue weighted by Gasteiger charge is 2.13. The van der Waals surface area contributed by atoms with Crippen LogP contribution >= 0.6 is 0 Å². The molecule has 5 heteroatoms. The Morgan fingerprint density at radius 1 is 1.05 bits per heavy atom. The number of rotatable bonds is 1. The fourth-order valence-corrected chi connectivity index (χ4v) is 1.82. The summed E-state index contributed by atoms with van der Waals surface area (Å²) in [5.41, 5.74) is -1.20. The van der Waals surface area contributed by atoms with Gasteiger partial charge in [-0.1, -0.05) is 12.1 Å². The van der Waals surface area contributed by atoms with E-state index < -0.39 is 40.1 Å². The Morgan fingerprint density at radius 3 is 2.45 bits per heavy atom. The second kappa shape index (κ2) is 4.31. The Morgan fingerprint density at radius 2 is 1.75 bits per heavy atom. The van der Waals surface area contributed by atoms with Crippen LogP contribution in [0.2, 0.25) is 0 Å². The zero-order chi connectivity index (χ0) is 17.8. The van der Waals surface area contributed by atoms with Gasteiger partial charge in [0, 0.05) is 12.1 Å². The number of fused-ring (bicyclic) bond motifs is 1. The molecule has 3 aromatic rings. The van der Waals surface area contributed by atoms with E-state index in [-0.39, 0.29) is 28.8 Å². The van der Waals surface area contributed by atoms with E-state index >= 15 is 0 Å². The average Bonchev–Trinajstić information content (AvgIpc) is 2.55. The molecule has 5 nitrogen and oxygen atoms in total. The van der Waals surface area contributed by atoms with Gasteiger partial charge in [-0.2, -0.15) is 0 Å². The SMILES string of the molecule is [2H]c1cc(-c2coc3c([2H])c(O)c([2H])c(O)c3c2=O)cc([2H])c1O. The van der Waals surface area contributed by atoms with Crippen LogP contribution in [0.3, 0.4) is 0 Å². The third-order valence-corrected chi connectivity index (χ3v) is 2.74. The van der Waals surface area contributed by atoms with Gasteiger partial charge in [-0.3, -0.25) is 4.79 Å². The highest BCUT2D eigenvalue weighted by Crippen LogP contribution is 2.29. The van der Waals surface area contributed by atoms with Crippen LogP contribution in [-0.4, -0.2) is 15.3 Å². The lowest BCUT2D eigenvalue weighted by atomic mass is 10.0. The maximum Gasteiger partial charge on any atom is 0.204 e. The fourth-order valence-electron chi connectivity index (χ4n) is 1.82. The van der Waals surface area contributed by atoms with E-state index in [1.807, 2.05) is 0 Å². The van der Waals surface area contributed by atoms with Crippen molar-refractivity contribution < 1.29 is 25.2 Å². The highest BCUT2D eigenvalue weighted by atomic mass is 16.3. The minimum absolute atomic E-state index is 0.101. The third-order valence-electron chi connectivity index (χ3n) is 2.74. The molecule has 0 saturated carbocycles. The monoisotopic (exact) mass is 274 g/mol. The predicted molar refractivity (Wildman–Crippen MR) is 72.9 cm³/mol. The molecule has 3 N–H and O–H groups in total. The van der Waals surface area contributed by atoms with Crippen molar-refractivity contribution in [1.82, 2.24) is 0 Å². The molecule has 0 amide bonds. The lowest BCUT2D eigenvalue weighted by Gasteiger charge is -2.05. The number of benzene rings is 2. The minimum Gasteiger partial charge on any atom is -0.508 e. The molecule has 20 heavy (non-hydrogen) atoms. The van der Waals surface area contributed by atoms with Crippen LogP contribution in [0.4, 0.5) is 0 Å². The zero-order valence-electron chi connectivity index (χ0n) is 13.9. The Balaban J connectivity index is 2.41. The average molecular weight is 274 g/mol. The van der Waals surface area contributed by atoms with Crippen LogP contribution in [0.5, 0.6) is 17.2 Å². The van der Waals surface area contributed by atoms with Crippen LogP contribution in [0.1, 0.15) is 5.48 Å². The first-order valence-corrected chi connectivity index (χ1v) is 5.51. The summed E-state index contributed by atoms with van der Waals surface area (Å²) in [6.45, 7) is 0. The van der Waals surface area contributed by atoms with Crippen molar-refractivity contribution >= 4 is 11.0 Å². The lowest BCUT2D eigenvalue weighted by molar-refractivity contribution is 0.452. The molecule has 0 aliphatic heterocycles. The molecule has 0 aliphatic rings. The molecule has 0 radical (unpaired) electrons. The van der Waals surface area contributed by atoms with Crippen molar-refractivity contribution in [1.29, 1.82) is 0 Å². The Hall–Kier alpha value is -2.95. The number of hydrogen-bond donors (Lipinski definition) is 3. The van der Waals surface area contributed by atoms with Gasteiger partial charge in [0.25, 0.3) is 0 Å². The van der Waals surface area contributed by atoms with Crippen LogP contribution in [-0.2, 0) is 0 Å². The van der Waals surface area contributed by atoms with Crippen LogP contribution in [0.15, 0.2) is 51.8 Å². The van der Waals surface area contributed by atoms with Gasteiger partial charge in [-0.15, -0.1) is 0 Å². The number of phenols is 3. The van der Waals surface area contributed by atoms with Gasteiger partial charge in [0.05, 0.1) is 11.0 Å². The normalized spacial score (nSPS) is 13.6. The van der Waals surface area contributed by atoms with Gasteiger partial charge in [0.15, 0.2) is 0 Å². The number of aromatic hydroxyl groups is 3.